The van der Waals surface area contributed by atoms with E-state index < -0.39 is 0 Å². The Kier molecular flexibility index (Phi) is 2.72. The van der Waals surface area contributed by atoms with Crippen molar-refractivity contribution in [3.63, 3.8) is 0 Å². The summed E-state index contributed by atoms with van der Waals surface area (Å²) in [6.07, 6.45) is 6.31. The number of nitrogens with zero attached hydrogens (tertiary/aromatic N) is 1. The smallest absolute Gasteiger partial charge is 0.160 e. The zero-order valence-corrected chi connectivity index (χ0v) is 8.94. The molecule has 4 N–H and O–H groups in total. The SMILES string of the molecule is N/N=C(/N)c1cc2c(s1)CCCCC2. The van der Waals surface area contributed by atoms with Crippen LogP contribution in [0.5, 0.6) is 0 Å². The summed E-state index contributed by atoms with van der Waals surface area (Å²) in [4.78, 5) is 2.50. The van der Waals surface area contributed by atoms with Crippen molar-refractivity contribution < 1.29 is 0 Å². The first-order chi connectivity index (χ1) is 6.81. The fourth-order valence-corrected chi connectivity index (χ4v) is 3.02. The minimum atomic E-state index is 0.461. The first-order valence-electron chi connectivity index (χ1n) is 4.96. The van der Waals surface area contributed by atoms with E-state index in [4.69, 9.17) is 11.6 Å². The summed E-state index contributed by atoms with van der Waals surface area (Å²) >= 11 is 1.75. The third kappa shape index (κ3) is 1.75. The number of aryl methyl sites for hydroxylation is 2. The minimum absolute atomic E-state index is 0.461. The van der Waals surface area contributed by atoms with Gasteiger partial charge in [-0.25, -0.2) is 0 Å². The third-order valence-corrected chi connectivity index (χ3v) is 3.90. The van der Waals surface area contributed by atoms with Crippen molar-refractivity contribution in [1.82, 2.24) is 0 Å². The predicted molar refractivity (Wildman–Crippen MR) is 60.5 cm³/mol. The molecule has 0 aromatic carbocycles. The maximum Gasteiger partial charge on any atom is 0.160 e. The molecule has 1 heterocycles. The zero-order valence-electron chi connectivity index (χ0n) is 8.12. The Labute approximate surface area is 87.8 Å². The van der Waals surface area contributed by atoms with Crippen LogP contribution < -0.4 is 11.6 Å². The molecule has 14 heavy (non-hydrogen) atoms. The fourth-order valence-electron chi connectivity index (χ4n) is 1.86. The van der Waals surface area contributed by atoms with Crippen LogP contribution in [0.1, 0.15) is 34.6 Å². The summed E-state index contributed by atoms with van der Waals surface area (Å²) in [6.45, 7) is 0. The van der Waals surface area contributed by atoms with Crippen LogP contribution in [0.3, 0.4) is 0 Å². The summed E-state index contributed by atoms with van der Waals surface area (Å²) in [5.41, 5.74) is 7.13. The number of hydrogen-bond donors (Lipinski definition) is 2. The van der Waals surface area contributed by atoms with E-state index in [0.29, 0.717) is 5.84 Å². The normalized spacial score (nSPS) is 17.6. The van der Waals surface area contributed by atoms with Gasteiger partial charge in [0.25, 0.3) is 0 Å². The number of nitrogens with two attached hydrogens (primary N) is 2. The summed E-state index contributed by atoms with van der Waals surface area (Å²) in [5, 5.41) is 3.53. The quantitative estimate of drug-likeness (QED) is 0.242. The van der Waals surface area contributed by atoms with Crippen LogP contribution in [0, 0.1) is 0 Å². The number of amidine groups is 1. The van der Waals surface area contributed by atoms with Gasteiger partial charge in [0.1, 0.15) is 0 Å². The fraction of sp³-hybridized carbons (Fsp3) is 0.500. The van der Waals surface area contributed by atoms with Crippen LogP contribution >= 0.6 is 11.3 Å². The topological polar surface area (TPSA) is 64.4 Å². The van der Waals surface area contributed by atoms with Gasteiger partial charge < -0.3 is 11.6 Å². The van der Waals surface area contributed by atoms with Crippen molar-refractivity contribution in [1.29, 1.82) is 0 Å². The number of fused-ring (bicyclic) bond motifs is 1. The lowest BCUT2D eigenvalue weighted by Crippen LogP contribution is -2.13. The molecule has 1 aromatic heterocycles. The lowest BCUT2D eigenvalue weighted by molar-refractivity contribution is 0.712. The molecule has 1 aliphatic carbocycles. The molecule has 0 atom stereocenters. The second-order valence-electron chi connectivity index (χ2n) is 3.63. The van der Waals surface area contributed by atoms with Crippen molar-refractivity contribution in [2.75, 3.05) is 0 Å². The third-order valence-electron chi connectivity index (χ3n) is 2.64. The van der Waals surface area contributed by atoms with Gasteiger partial charge in [-0.05, 0) is 37.3 Å². The number of hydrogen-bond acceptors (Lipinski definition) is 3. The first-order valence-corrected chi connectivity index (χ1v) is 5.78. The predicted octanol–water partition coefficient (Wildman–Crippen LogP) is 1.60. The number of hydrazone groups is 1. The molecule has 0 fully saturated rings. The van der Waals surface area contributed by atoms with E-state index in [1.165, 1.54) is 42.5 Å². The molecule has 0 bridgehead atoms. The van der Waals surface area contributed by atoms with Gasteiger partial charge >= 0.3 is 0 Å². The molecule has 3 nitrogen and oxygen atoms in total. The molecule has 2 rings (SSSR count). The summed E-state index contributed by atoms with van der Waals surface area (Å²) < 4.78 is 0. The van der Waals surface area contributed by atoms with Crippen LogP contribution in [0.2, 0.25) is 0 Å². The van der Waals surface area contributed by atoms with Gasteiger partial charge in [0.15, 0.2) is 5.84 Å². The van der Waals surface area contributed by atoms with Gasteiger partial charge in [0.2, 0.25) is 0 Å². The molecule has 1 aromatic rings. The van der Waals surface area contributed by atoms with Gasteiger partial charge in [-0.2, -0.15) is 5.10 Å². The highest BCUT2D eigenvalue weighted by Gasteiger charge is 2.13. The average Bonchev–Trinajstić information content (AvgIpc) is 2.49. The summed E-state index contributed by atoms with van der Waals surface area (Å²) in [5.74, 6) is 5.62. The molecule has 1 aliphatic rings. The van der Waals surface area contributed by atoms with Crippen molar-refractivity contribution in [3.05, 3.63) is 21.4 Å². The molecule has 4 heteroatoms. The Hall–Kier alpha value is -1.03. The Morgan fingerprint density at radius 1 is 1.29 bits per heavy atom. The van der Waals surface area contributed by atoms with E-state index in [2.05, 4.69) is 11.2 Å². The zero-order chi connectivity index (χ0) is 9.97. The highest BCUT2D eigenvalue weighted by Crippen LogP contribution is 2.28. The second-order valence-corrected chi connectivity index (χ2v) is 4.77. The van der Waals surface area contributed by atoms with Crippen LogP contribution in [0.15, 0.2) is 11.2 Å². The van der Waals surface area contributed by atoms with Gasteiger partial charge in [0, 0.05) is 4.88 Å². The van der Waals surface area contributed by atoms with Crippen LogP contribution in [-0.4, -0.2) is 5.84 Å². The Morgan fingerprint density at radius 2 is 2.07 bits per heavy atom. The molecule has 0 amide bonds. The molecule has 0 radical (unpaired) electrons. The largest absolute Gasteiger partial charge is 0.381 e. The van der Waals surface area contributed by atoms with Gasteiger partial charge in [-0.1, -0.05) is 6.42 Å². The number of rotatable bonds is 1. The van der Waals surface area contributed by atoms with E-state index in [-0.39, 0.29) is 0 Å². The second kappa shape index (κ2) is 4.00. The van der Waals surface area contributed by atoms with E-state index in [1.807, 2.05) is 0 Å². The van der Waals surface area contributed by atoms with Crippen molar-refractivity contribution in [2.45, 2.75) is 32.1 Å². The van der Waals surface area contributed by atoms with Crippen molar-refractivity contribution in [3.8, 4) is 0 Å². The van der Waals surface area contributed by atoms with Crippen LogP contribution in [0.4, 0.5) is 0 Å². The van der Waals surface area contributed by atoms with Gasteiger partial charge in [0.05, 0.1) is 4.88 Å². The summed E-state index contributed by atoms with van der Waals surface area (Å²) in [6, 6.07) is 2.15. The first kappa shape index (κ1) is 9.52. The Morgan fingerprint density at radius 3 is 2.86 bits per heavy atom. The minimum Gasteiger partial charge on any atom is -0.381 e. The average molecular weight is 209 g/mol. The molecule has 0 unspecified atom stereocenters. The lowest BCUT2D eigenvalue weighted by Gasteiger charge is -1.93. The monoisotopic (exact) mass is 209 g/mol. The van der Waals surface area contributed by atoms with Crippen LogP contribution in [0.25, 0.3) is 0 Å². The summed E-state index contributed by atoms with van der Waals surface area (Å²) in [7, 11) is 0. The van der Waals surface area contributed by atoms with Crippen LogP contribution in [-0.2, 0) is 12.8 Å². The molecular weight excluding hydrogens is 194 g/mol. The molecule has 0 aliphatic heterocycles. The van der Waals surface area contributed by atoms with Crippen molar-refractivity contribution in [2.24, 2.45) is 16.7 Å². The van der Waals surface area contributed by atoms with E-state index in [1.54, 1.807) is 11.3 Å². The standard InChI is InChI=1S/C10H15N3S/c11-10(13-12)9-6-7-4-2-1-3-5-8(7)14-9/h6H,1-5,12H2,(H2,11,13). The van der Waals surface area contributed by atoms with E-state index in [0.717, 1.165) is 4.88 Å². The maximum absolute atomic E-state index is 5.68. The molecule has 0 spiro atoms. The number of thiophene rings is 1. The molecule has 76 valence electrons. The van der Waals surface area contributed by atoms with E-state index >= 15 is 0 Å². The Bertz CT molecular complexity index is 331. The highest BCUT2D eigenvalue weighted by atomic mass is 32.1. The Balaban J connectivity index is 2.31. The molecule has 0 saturated carbocycles. The van der Waals surface area contributed by atoms with Gasteiger partial charge in [-0.15, -0.1) is 11.3 Å². The maximum atomic E-state index is 5.68. The lowest BCUT2D eigenvalue weighted by atomic mass is 10.1. The molecule has 0 saturated heterocycles. The highest BCUT2D eigenvalue weighted by molar-refractivity contribution is 7.14. The molecular formula is C10H15N3S. The van der Waals surface area contributed by atoms with E-state index in [9.17, 15) is 0 Å². The van der Waals surface area contributed by atoms with Crippen molar-refractivity contribution >= 4 is 17.2 Å². The van der Waals surface area contributed by atoms with Gasteiger partial charge in [-0.3, -0.25) is 0 Å².